The van der Waals surface area contributed by atoms with E-state index in [0.717, 1.165) is 4.90 Å². The zero-order valence-electron chi connectivity index (χ0n) is 14.7. The number of anilines is 1. The van der Waals surface area contributed by atoms with Crippen molar-refractivity contribution in [2.45, 2.75) is 19.4 Å². The van der Waals surface area contributed by atoms with Crippen LogP contribution in [0.1, 0.15) is 18.1 Å². The molecule has 140 valence electrons. The first-order valence-electron chi connectivity index (χ1n) is 8.17. The number of rotatable bonds is 4. The van der Waals surface area contributed by atoms with E-state index in [1.807, 2.05) is 0 Å². The largest absolute Gasteiger partial charge is 0.325 e. The summed E-state index contributed by atoms with van der Waals surface area (Å²) in [6.07, 6.45) is 0. The molecule has 0 aliphatic carbocycles. The highest BCUT2D eigenvalue weighted by Gasteiger charge is 2.49. The Labute approximate surface area is 160 Å². The van der Waals surface area contributed by atoms with E-state index >= 15 is 0 Å². The molecule has 8 heteroatoms. The number of carbonyl (C=O) groups is 3. The normalized spacial score (nSPS) is 19.2. The second-order valence-corrected chi connectivity index (χ2v) is 6.90. The molecule has 2 aromatic carbocycles. The van der Waals surface area contributed by atoms with Gasteiger partial charge in [-0.15, -0.1) is 0 Å². The summed E-state index contributed by atoms with van der Waals surface area (Å²) in [5.41, 5.74) is -0.0528. The van der Waals surface area contributed by atoms with Gasteiger partial charge in [0.2, 0.25) is 5.91 Å². The zero-order chi connectivity index (χ0) is 19.8. The maximum absolute atomic E-state index is 13.6. The average Bonchev–Trinajstić information content (AvgIpc) is 2.83. The molecular formula is C19H17ClFN3O3. The molecule has 1 saturated heterocycles. The molecule has 1 atom stereocenters. The van der Waals surface area contributed by atoms with Crippen LogP contribution in [0.2, 0.25) is 5.02 Å². The smallest absolute Gasteiger partial charge is 0.324 e. The number of amides is 4. The predicted octanol–water partition coefficient (Wildman–Crippen LogP) is 3.19. The zero-order valence-corrected chi connectivity index (χ0v) is 15.4. The summed E-state index contributed by atoms with van der Waals surface area (Å²) < 4.78 is 13.6. The summed E-state index contributed by atoms with van der Waals surface area (Å²) in [6, 6.07) is 10.1. The monoisotopic (exact) mass is 389 g/mol. The van der Waals surface area contributed by atoms with Crippen LogP contribution in [0.4, 0.5) is 14.9 Å². The van der Waals surface area contributed by atoms with Crippen molar-refractivity contribution in [3.05, 3.63) is 64.4 Å². The Bertz CT molecular complexity index is 932. The Hall–Kier alpha value is -2.93. The highest BCUT2D eigenvalue weighted by molar-refractivity contribution is 6.30. The number of nitrogens with one attached hydrogen (secondary N) is 2. The van der Waals surface area contributed by atoms with Crippen molar-refractivity contribution in [2.24, 2.45) is 0 Å². The quantitative estimate of drug-likeness (QED) is 0.788. The third kappa shape index (κ3) is 3.64. The Balaban J connectivity index is 1.74. The summed E-state index contributed by atoms with van der Waals surface area (Å²) in [6.45, 7) is 2.68. The second kappa shape index (κ2) is 7.00. The fourth-order valence-corrected chi connectivity index (χ4v) is 2.96. The minimum absolute atomic E-state index is 0.246. The Morgan fingerprint density at radius 2 is 1.89 bits per heavy atom. The fraction of sp³-hybridized carbons (Fsp3) is 0.211. The molecule has 0 aromatic heterocycles. The minimum atomic E-state index is -1.29. The van der Waals surface area contributed by atoms with Crippen molar-refractivity contribution < 1.29 is 18.8 Å². The third-order valence-corrected chi connectivity index (χ3v) is 4.71. The topological polar surface area (TPSA) is 78.5 Å². The van der Waals surface area contributed by atoms with Crippen LogP contribution in [-0.2, 0) is 15.1 Å². The molecule has 27 heavy (non-hydrogen) atoms. The molecule has 2 N–H and O–H groups in total. The summed E-state index contributed by atoms with van der Waals surface area (Å²) in [5, 5.41) is 5.59. The maximum atomic E-state index is 13.6. The number of carbonyl (C=O) groups excluding carboxylic acids is 3. The lowest BCUT2D eigenvalue weighted by atomic mass is 9.92. The number of hydrogen-bond acceptors (Lipinski definition) is 3. The average molecular weight is 390 g/mol. The number of nitrogens with zero attached hydrogens (tertiary/aromatic N) is 1. The van der Waals surface area contributed by atoms with Gasteiger partial charge in [0.1, 0.15) is 17.9 Å². The van der Waals surface area contributed by atoms with E-state index < -0.39 is 35.7 Å². The Morgan fingerprint density at radius 1 is 1.22 bits per heavy atom. The van der Waals surface area contributed by atoms with Crippen molar-refractivity contribution in [3.63, 3.8) is 0 Å². The molecule has 1 unspecified atom stereocenters. The third-order valence-electron chi connectivity index (χ3n) is 4.45. The SMILES string of the molecule is Cc1ccc(NC(=O)CN2C(=O)NC(C)(c3ccc(Cl)cc3)C2=O)cc1F. The van der Waals surface area contributed by atoms with E-state index in [0.29, 0.717) is 16.1 Å². The number of aryl methyl sites for hydroxylation is 1. The van der Waals surface area contributed by atoms with Crippen LogP contribution in [0.3, 0.4) is 0 Å². The summed E-state index contributed by atoms with van der Waals surface area (Å²) in [4.78, 5) is 38.1. The Morgan fingerprint density at radius 3 is 2.52 bits per heavy atom. The van der Waals surface area contributed by atoms with Gasteiger partial charge in [0, 0.05) is 10.7 Å². The molecule has 1 aliphatic rings. The van der Waals surface area contributed by atoms with Crippen LogP contribution in [0.25, 0.3) is 0 Å². The van der Waals surface area contributed by atoms with Crippen LogP contribution in [0, 0.1) is 12.7 Å². The molecule has 2 aromatic rings. The molecule has 0 bridgehead atoms. The van der Waals surface area contributed by atoms with Gasteiger partial charge < -0.3 is 10.6 Å². The first-order valence-corrected chi connectivity index (χ1v) is 8.54. The molecule has 6 nitrogen and oxygen atoms in total. The van der Waals surface area contributed by atoms with E-state index in [4.69, 9.17) is 11.6 Å². The van der Waals surface area contributed by atoms with Crippen LogP contribution in [-0.4, -0.2) is 29.3 Å². The van der Waals surface area contributed by atoms with Gasteiger partial charge in [0.05, 0.1) is 0 Å². The lowest BCUT2D eigenvalue weighted by Crippen LogP contribution is -2.42. The molecule has 1 fully saturated rings. The van der Waals surface area contributed by atoms with Crippen LogP contribution in [0.15, 0.2) is 42.5 Å². The minimum Gasteiger partial charge on any atom is -0.324 e. The van der Waals surface area contributed by atoms with Crippen molar-refractivity contribution in [1.82, 2.24) is 10.2 Å². The predicted molar refractivity (Wildman–Crippen MR) is 98.8 cm³/mol. The molecule has 0 spiro atoms. The molecule has 0 saturated carbocycles. The number of imide groups is 1. The molecule has 0 radical (unpaired) electrons. The lowest BCUT2D eigenvalue weighted by Gasteiger charge is -2.22. The van der Waals surface area contributed by atoms with Crippen molar-refractivity contribution in [1.29, 1.82) is 0 Å². The number of halogens is 2. The highest BCUT2D eigenvalue weighted by atomic mass is 35.5. The van der Waals surface area contributed by atoms with E-state index in [2.05, 4.69) is 10.6 Å². The van der Waals surface area contributed by atoms with Crippen molar-refractivity contribution in [3.8, 4) is 0 Å². The van der Waals surface area contributed by atoms with Crippen LogP contribution < -0.4 is 10.6 Å². The Kier molecular flexibility index (Phi) is 4.89. The summed E-state index contributed by atoms with van der Waals surface area (Å²) >= 11 is 5.86. The standard InChI is InChI=1S/C19H17ClFN3O3/c1-11-3-8-14(9-15(11)21)22-16(25)10-24-17(26)19(2,23-18(24)27)12-4-6-13(20)7-5-12/h3-9H,10H2,1-2H3,(H,22,25)(H,23,27). The summed E-state index contributed by atoms with van der Waals surface area (Å²) in [5.74, 6) is -1.62. The van der Waals surface area contributed by atoms with Gasteiger partial charge in [-0.25, -0.2) is 9.18 Å². The first kappa shape index (κ1) is 18.8. The fourth-order valence-electron chi connectivity index (χ4n) is 2.83. The van der Waals surface area contributed by atoms with Gasteiger partial charge in [-0.3, -0.25) is 14.5 Å². The molecular weight excluding hydrogens is 373 g/mol. The molecule has 1 heterocycles. The van der Waals surface area contributed by atoms with Gasteiger partial charge in [-0.05, 0) is 49.2 Å². The molecule has 4 amide bonds. The second-order valence-electron chi connectivity index (χ2n) is 6.47. The van der Waals surface area contributed by atoms with Crippen molar-refractivity contribution in [2.75, 3.05) is 11.9 Å². The van der Waals surface area contributed by atoms with E-state index in [1.54, 1.807) is 44.2 Å². The van der Waals surface area contributed by atoms with Gasteiger partial charge in [-0.2, -0.15) is 0 Å². The number of hydrogen-bond donors (Lipinski definition) is 2. The van der Waals surface area contributed by atoms with Crippen LogP contribution >= 0.6 is 11.6 Å². The summed E-state index contributed by atoms with van der Waals surface area (Å²) in [7, 11) is 0. The molecule has 1 aliphatic heterocycles. The lowest BCUT2D eigenvalue weighted by molar-refractivity contribution is -0.133. The molecule has 3 rings (SSSR count). The maximum Gasteiger partial charge on any atom is 0.325 e. The van der Waals surface area contributed by atoms with E-state index in [9.17, 15) is 18.8 Å². The number of benzene rings is 2. The van der Waals surface area contributed by atoms with E-state index in [1.165, 1.54) is 12.1 Å². The van der Waals surface area contributed by atoms with Gasteiger partial charge >= 0.3 is 6.03 Å². The highest BCUT2D eigenvalue weighted by Crippen LogP contribution is 2.29. The number of urea groups is 1. The first-order chi connectivity index (χ1) is 12.7. The van der Waals surface area contributed by atoms with Gasteiger partial charge in [0.25, 0.3) is 5.91 Å². The van der Waals surface area contributed by atoms with Gasteiger partial charge in [0.15, 0.2) is 0 Å². The van der Waals surface area contributed by atoms with Gasteiger partial charge in [-0.1, -0.05) is 29.8 Å². The van der Waals surface area contributed by atoms with Crippen LogP contribution in [0.5, 0.6) is 0 Å². The van der Waals surface area contributed by atoms with Crippen molar-refractivity contribution >= 4 is 35.1 Å². The van der Waals surface area contributed by atoms with E-state index in [-0.39, 0.29) is 5.69 Å².